The SMILES string of the molecule is CCCCCCCCCCCCCCCCCCCC/C=C/CC/C=C/CC/C=C/C(O)C(CO)NC(=O)CCCCCCCCCCCCCCCCCCCCCCCCCCCCCCCCCCCCCCCCC. The quantitative estimate of drug-likeness (QED) is 0.0420. The first kappa shape index (κ1) is 77.6. The summed E-state index contributed by atoms with van der Waals surface area (Å²) in [4.78, 5) is 12.5. The second-order valence-electron chi connectivity index (χ2n) is 25.4. The van der Waals surface area contributed by atoms with E-state index in [-0.39, 0.29) is 12.5 Å². The number of allylic oxidation sites excluding steroid dienone is 5. The van der Waals surface area contributed by atoms with Crippen molar-refractivity contribution < 1.29 is 15.0 Å². The third-order valence-electron chi connectivity index (χ3n) is 17.4. The van der Waals surface area contributed by atoms with E-state index in [0.717, 1.165) is 38.5 Å². The van der Waals surface area contributed by atoms with Crippen LogP contribution < -0.4 is 5.32 Å². The van der Waals surface area contributed by atoms with Crippen LogP contribution >= 0.6 is 0 Å². The van der Waals surface area contributed by atoms with Gasteiger partial charge in [0.15, 0.2) is 0 Å². The Morgan fingerprint density at radius 1 is 0.291 bits per heavy atom. The van der Waals surface area contributed by atoms with Gasteiger partial charge in [0.2, 0.25) is 5.91 Å². The second kappa shape index (κ2) is 70.9. The summed E-state index contributed by atoms with van der Waals surface area (Å²) in [5, 5.41) is 23.3. The van der Waals surface area contributed by atoms with Crippen LogP contribution in [0.5, 0.6) is 0 Å². The monoisotopic (exact) mass is 1110 g/mol. The Balaban J connectivity index is 3.42. The summed E-state index contributed by atoms with van der Waals surface area (Å²) in [6.45, 7) is 4.35. The number of unbranched alkanes of at least 4 members (excludes halogenated alkanes) is 58. The fourth-order valence-corrected chi connectivity index (χ4v) is 11.8. The van der Waals surface area contributed by atoms with Crippen molar-refractivity contribution >= 4 is 5.91 Å². The van der Waals surface area contributed by atoms with Crippen LogP contribution in [0.25, 0.3) is 0 Å². The standard InChI is InChI=1S/C75H145NO3/c1-3-5-7-9-11-13-15-17-19-21-23-25-27-29-31-33-34-35-36-37-38-39-40-41-42-43-45-47-49-51-53-55-57-59-61-63-65-67-69-71-75(79)76-73(72-77)74(78)70-68-66-64-62-60-58-56-54-52-50-48-46-44-32-30-28-26-24-22-20-18-16-14-12-10-8-6-4-2/h52,54,60,62,68,70,73-74,77-78H,3-51,53,55-59,61,63-67,69,71-72H2,1-2H3,(H,76,79)/b54-52+,62-60+,70-68+. The number of aliphatic hydroxyl groups is 2. The van der Waals surface area contributed by atoms with E-state index in [2.05, 4.69) is 43.5 Å². The number of amides is 1. The summed E-state index contributed by atoms with van der Waals surface area (Å²) in [6.07, 6.45) is 98.4. The zero-order valence-corrected chi connectivity index (χ0v) is 54.2. The van der Waals surface area contributed by atoms with Crippen molar-refractivity contribution in [2.24, 2.45) is 0 Å². The highest BCUT2D eigenvalue weighted by Crippen LogP contribution is 2.20. The van der Waals surface area contributed by atoms with E-state index in [9.17, 15) is 15.0 Å². The van der Waals surface area contributed by atoms with Gasteiger partial charge in [-0.1, -0.05) is 403 Å². The van der Waals surface area contributed by atoms with Crippen molar-refractivity contribution in [2.45, 2.75) is 431 Å². The first-order valence-corrected chi connectivity index (χ1v) is 36.7. The largest absolute Gasteiger partial charge is 0.394 e. The van der Waals surface area contributed by atoms with Gasteiger partial charge in [-0.3, -0.25) is 4.79 Å². The van der Waals surface area contributed by atoms with Crippen molar-refractivity contribution in [1.82, 2.24) is 5.32 Å². The molecule has 4 nitrogen and oxygen atoms in total. The molecule has 3 N–H and O–H groups in total. The molecule has 0 bridgehead atoms. The maximum atomic E-state index is 12.5. The minimum Gasteiger partial charge on any atom is -0.394 e. The van der Waals surface area contributed by atoms with Gasteiger partial charge < -0.3 is 15.5 Å². The van der Waals surface area contributed by atoms with Gasteiger partial charge >= 0.3 is 0 Å². The fraction of sp³-hybridized carbons (Fsp3) is 0.907. The maximum Gasteiger partial charge on any atom is 0.220 e. The molecule has 0 rings (SSSR count). The first-order valence-electron chi connectivity index (χ1n) is 36.7. The van der Waals surface area contributed by atoms with Crippen LogP contribution in [0, 0.1) is 0 Å². The van der Waals surface area contributed by atoms with Gasteiger partial charge in [-0.2, -0.15) is 0 Å². The maximum absolute atomic E-state index is 12.5. The van der Waals surface area contributed by atoms with Crippen molar-refractivity contribution in [3.8, 4) is 0 Å². The van der Waals surface area contributed by atoms with Crippen LogP contribution in [0.4, 0.5) is 0 Å². The van der Waals surface area contributed by atoms with Gasteiger partial charge in [0.1, 0.15) is 0 Å². The van der Waals surface area contributed by atoms with E-state index in [1.807, 2.05) is 6.08 Å². The zero-order chi connectivity index (χ0) is 56.9. The zero-order valence-electron chi connectivity index (χ0n) is 54.2. The van der Waals surface area contributed by atoms with Crippen LogP contribution in [0.3, 0.4) is 0 Å². The first-order chi connectivity index (χ1) is 39.2. The molecule has 0 saturated heterocycles. The third-order valence-corrected chi connectivity index (χ3v) is 17.4. The summed E-state index contributed by atoms with van der Waals surface area (Å²) >= 11 is 0. The van der Waals surface area contributed by atoms with E-state index < -0.39 is 12.1 Å². The topological polar surface area (TPSA) is 69.6 Å². The van der Waals surface area contributed by atoms with Crippen molar-refractivity contribution in [3.63, 3.8) is 0 Å². The summed E-state index contributed by atoms with van der Waals surface area (Å²) in [5.41, 5.74) is 0. The highest BCUT2D eigenvalue weighted by Gasteiger charge is 2.18. The number of hydrogen-bond acceptors (Lipinski definition) is 3. The molecular weight excluding hydrogens is 963 g/mol. The second-order valence-corrected chi connectivity index (χ2v) is 25.4. The molecule has 0 aliphatic rings. The molecule has 0 aliphatic heterocycles. The highest BCUT2D eigenvalue weighted by atomic mass is 16.3. The summed E-state index contributed by atoms with van der Waals surface area (Å²) in [6, 6.07) is -0.646. The number of rotatable bonds is 69. The molecule has 0 saturated carbocycles. The number of carbonyl (C=O) groups excluding carboxylic acids is 1. The summed E-state index contributed by atoms with van der Waals surface area (Å²) in [7, 11) is 0. The minimum atomic E-state index is -0.871. The smallest absolute Gasteiger partial charge is 0.220 e. The third kappa shape index (κ3) is 67.3. The molecule has 0 aromatic rings. The Morgan fingerprint density at radius 2 is 0.494 bits per heavy atom. The lowest BCUT2D eigenvalue weighted by atomic mass is 10.0. The molecule has 468 valence electrons. The predicted molar refractivity (Wildman–Crippen MR) is 355 cm³/mol. The lowest BCUT2D eigenvalue weighted by molar-refractivity contribution is -0.123. The van der Waals surface area contributed by atoms with Crippen LogP contribution in [-0.4, -0.2) is 34.9 Å². The van der Waals surface area contributed by atoms with Crippen LogP contribution in [-0.2, 0) is 4.79 Å². The van der Waals surface area contributed by atoms with E-state index >= 15 is 0 Å². The molecule has 0 aliphatic carbocycles. The van der Waals surface area contributed by atoms with Gasteiger partial charge in [-0.15, -0.1) is 0 Å². The fourth-order valence-electron chi connectivity index (χ4n) is 11.8. The van der Waals surface area contributed by atoms with Gasteiger partial charge in [0.05, 0.1) is 18.8 Å². The van der Waals surface area contributed by atoms with Crippen LogP contribution in [0.2, 0.25) is 0 Å². The lowest BCUT2D eigenvalue weighted by Gasteiger charge is -2.19. The predicted octanol–water partition coefficient (Wildman–Crippen LogP) is 25.1. The molecule has 2 unspecified atom stereocenters. The molecule has 0 aromatic heterocycles. The van der Waals surface area contributed by atoms with Gasteiger partial charge in [0, 0.05) is 6.42 Å². The van der Waals surface area contributed by atoms with E-state index in [0.29, 0.717) is 6.42 Å². The number of carbonyl (C=O) groups is 1. The van der Waals surface area contributed by atoms with Crippen LogP contribution in [0.15, 0.2) is 36.5 Å². The highest BCUT2D eigenvalue weighted by molar-refractivity contribution is 5.76. The van der Waals surface area contributed by atoms with Gasteiger partial charge in [-0.05, 0) is 44.9 Å². The van der Waals surface area contributed by atoms with Crippen molar-refractivity contribution in [3.05, 3.63) is 36.5 Å². The molecule has 1 amide bonds. The van der Waals surface area contributed by atoms with Gasteiger partial charge in [0.25, 0.3) is 0 Å². The number of hydrogen-bond donors (Lipinski definition) is 3. The Kier molecular flexibility index (Phi) is 69.6. The molecule has 0 spiro atoms. The molecular formula is C75H145NO3. The Hall–Kier alpha value is -1.39. The van der Waals surface area contributed by atoms with E-state index in [4.69, 9.17) is 0 Å². The normalized spacial score (nSPS) is 12.8. The van der Waals surface area contributed by atoms with Gasteiger partial charge in [-0.25, -0.2) is 0 Å². The van der Waals surface area contributed by atoms with Crippen molar-refractivity contribution in [2.75, 3.05) is 6.61 Å². The van der Waals surface area contributed by atoms with Crippen molar-refractivity contribution in [1.29, 1.82) is 0 Å². The summed E-state index contributed by atoms with van der Waals surface area (Å²) in [5.74, 6) is -0.0690. The number of aliphatic hydroxyl groups excluding tert-OH is 2. The van der Waals surface area contributed by atoms with Crippen LogP contribution in [0.1, 0.15) is 418 Å². The molecule has 0 fully saturated rings. The Bertz CT molecular complexity index is 1210. The molecule has 4 heteroatoms. The molecule has 0 heterocycles. The average molecular weight is 1110 g/mol. The molecule has 0 aromatic carbocycles. The molecule has 79 heavy (non-hydrogen) atoms. The molecule has 0 radical (unpaired) electrons. The summed E-state index contributed by atoms with van der Waals surface area (Å²) < 4.78 is 0. The van der Waals surface area contributed by atoms with E-state index in [1.54, 1.807) is 6.08 Å². The minimum absolute atomic E-state index is 0.0690. The average Bonchev–Trinajstić information content (AvgIpc) is 3.45. The molecule has 2 atom stereocenters. The Labute approximate surface area is 497 Å². The lowest BCUT2D eigenvalue weighted by Crippen LogP contribution is -2.45. The van der Waals surface area contributed by atoms with E-state index in [1.165, 1.54) is 360 Å². The Morgan fingerprint density at radius 3 is 0.734 bits per heavy atom. The number of nitrogens with one attached hydrogen (secondary N) is 1.